The monoisotopic (exact) mass is 310 g/mol. The van der Waals surface area contributed by atoms with E-state index in [2.05, 4.69) is 5.10 Å². The Morgan fingerprint density at radius 2 is 2.24 bits per heavy atom. The average Bonchev–Trinajstić information content (AvgIpc) is 2.87. The second-order valence-corrected chi connectivity index (χ2v) is 4.96. The van der Waals surface area contributed by atoms with E-state index in [-0.39, 0.29) is 18.7 Å². The third kappa shape index (κ3) is 3.00. The molecule has 0 aromatic heterocycles. The van der Waals surface area contributed by atoms with Crippen LogP contribution in [0.15, 0.2) is 23.3 Å². The Balaban J connectivity index is 2.40. The van der Waals surface area contributed by atoms with Crippen molar-refractivity contribution in [1.82, 2.24) is 0 Å². The summed E-state index contributed by atoms with van der Waals surface area (Å²) in [7, 11) is 0. The maximum absolute atomic E-state index is 11.7. The van der Waals surface area contributed by atoms with Gasteiger partial charge in [-0.15, -0.1) is 0 Å². The molecule has 0 radical (unpaired) electrons. The number of nitrogens with zero attached hydrogens (tertiary/aromatic N) is 2. The molecule has 112 valence electrons. The first kappa shape index (κ1) is 15.3. The molecule has 1 heterocycles. The van der Waals surface area contributed by atoms with Gasteiger partial charge in [-0.05, 0) is 31.5 Å². The van der Waals surface area contributed by atoms with E-state index in [0.29, 0.717) is 16.3 Å². The van der Waals surface area contributed by atoms with Crippen LogP contribution in [-0.4, -0.2) is 35.4 Å². The molecule has 1 aromatic carbocycles. The van der Waals surface area contributed by atoms with E-state index in [1.54, 1.807) is 32.0 Å². The smallest absolute Gasteiger partial charge is 0.354 e. The number of halogens is 1. The molecule has 0 bridgehead atoms. The van der Waals surface area contributed by atoms with Gasteiger partial charge in [-0.2, -0.15) is 5.10 Å². The maximum atomic E-state index is 11.7. The van der Waals surface area contributed by atoms with Crippen molar-refractivity contribution < 1.29 is 19.4 Å². The van der Waals surface area contributed by atoms with E-state index < -0.39 is 18.0 Å². The quantitative estimate of drug-likeness (QED) is 0.863. The van der Waals surface area contributed by atoms with Crippen molar-refractivity contribution in [3.05, 3.63) is 28.8 Å². The lowest BCUT2D eigenvalue weighted by Crippen LogP contribution is -2.34. The van der Waals surface area contributed by atoms with E-state index in [1.807, 2.05) is 0 Å². The number of carboxylic acids is 1. The number of hydrazone groups is 1. The molecule has 0 amide bonds. The van der Waals surface area contributed by atoms with Crippen LogP contribution >= 0.6 is 11.6 Å². The number of benzene rings is 1. The predicted octanol–water partition coefficient (Wildman–Crippen LogP) is 2.23. The van der Waals surface area contributed by atoms with Crippen molar-refractivity contribution in [2.24, 2.45) is 5.10 Å². The molecule has 1 aliphatic rings. The number of aliphatic carboxylic acids is 1. The molecule has 1 N–H and O–H groups in total. The van der Waals surface area contributed by atoms with Crippen LogP contribution in [0, 0.1) is 6.92 Å². The summed E-state index contributed by atoms with van der Waals surface area (Å²) in [5.41, 5.74) is 1.37. The summed E-state index contributed by atoms with van der Waals surface area (Å²) < 4.78 is 4.88. The molecule has 0 saturated heterocycles. The van der Waals surface area contributed by atoms with Crippen molar-refractivity contribution in [2.45, 2.75) is 26.3 Å². The van der Waals surface area contributed by atoms with Crippen LogP contribution in [0.2, 0.25) is 5.02 Å². The fraction of sp³-hybridized carbons (Fsp3) is 0.357. The van der Waals surface area contributed by atoms with Gasteiger partial charge in [0.1, 0.15) is 5.71 Å². The van der Waals surface area contributed by atoms with Crippen LogP contribution in [0.3, 0.4) is 0 Å². The Labute approximate surface area is 127 Å². The van der Waals surface area contributed by atoms with E-state index in [1.165, 1.54) is 5.01 Å². The van der Waals surface area contributed by atoms with Gasteiger partial charge in [-0.25, -0.2) is 14.6 Å². The van der Waals surface area contributed by atoms with Crippen LogP contribution < -0.4 is 5.01 Å². The molecule has 21 heavy (non-hydrogen) atoms. The number of esters is 1. The minimum Gasteiger partial charge on any atom is -0.480 e. The number of hydrogen-bond donors (Lipinski definition) is 1. The number of carbonyl (C=O) groups excluding carboxylic acids is 1. The van der Waals surface area contributed by atoms with E-state index >= 15 is 0 Å². The summed E-state index contributed by atoms with van der Waals surface area (Å²) in [6, 6.07) is 4.19. The van der Waals surface area contributed by atoms with Crippen LogP contribution in [0.25, 0.3) is 0 Å². The van der Waals surface area contributed by atoms with E-state index in [4.69, 9.17) is 16.3 Å². The molecule has 0 spiro atoms. The molecule has 6 nitrogen and oxygen atoms in total. The molecule has 0 fully saturated rings. The maximum Gasteiger partial charge on any atom is 0.354 e. The molecular weight excluding hydrogens is 296 g/mol. The molecule has 2 rings (SSSR count). The van der Waals surface area contributed by atoms with Gasteiger partial charge in [-0.1, -0.05) is 17.7 Å². The molecule has 0 aliphatic carbocycles. The standard InChI is InChI=1S/C14H15ClN2O4/c1-3-21-14(20)10-7-12(13(18)19)17(16-10)11-6-4-5-9(15)8(11)2/h4-6,12H,3,7H2,1-2H3,(H,18,19)/t12-/m0/s1. The normalized spacial score (nSPS) is 17.6. The van der Waals surface area contributed by atoms with Crippen molar-refractivity contribution in [3.8, 4) is 0 Å². The van der Waals surface area contributed by atoms with Gasteiger partial charge in [0.25, 0.3) is 0 Å². The predicted molar refractivity (Wildman–Crippen MR) is 78.8 cm³/mol. The Hall–Kier alpha value is -2.08. The second-order valence-electron chi connectivity index (χ2n) is 4.55. The third-order valence-corrected chi connectivity index (χ3v) is 3.60. The summed E-state index contributed by atoms with van der Waals surface area (Å²) in [4.78, 5) is 23.2. The van der Waals surface area contributed by atoms with Gasteiger partial charge < -0.3 is 9.84 Å². The van der Waals surface area contributed by atoms with Gasteiger partial charge in [0, 0.05) is 11.4 Å². The van der Waals surface area contributed by atoms with Gasteiger partial charge in [-0.3, -0.25) is 0 Å². The molecule has 1 atom stereocenters. The van der Waals surface area contributed by atoms with Crippen LogP contribution in [-0.2, 0) is 14.3 Å². The Kier molecular flexibility index (Phi) is 4.47. The molecule has 7 heteroatoms. The number of anilines is 1. The first-order valence-corrected chi connectivity index (χ1v) is 6.85. The zero-order valence-electron chi connectivity index (χ0n) is 11.7. The van der Waals surface area contributed by atoms with E-state index in [0.717, 1.165) is 0 Å². The van der Waals surface area contributed by atoms with Crippen molar-refractivity contribution >= 4 is 34.9 Å². The highest BCUT2D eigenvalue weighted by molar-refractivity contribution is 6.38. The lowest BCUT2D eigenvalue weighted by atomic mass is 10.1. The Morgan fingerprint density at radius 1 is 1.52 bits per heavy atom. The zero-order chi connectivity index (χ0) is 15.6. The van der Waals surface area contributed by atoms with Gasteiger partial charge in [0.2, 0.25) is 0 Å². The third-order valence-electron chi connectivity index (χ3n) is 3.19. The summed E-state index contributed by atoms with van der Waals surface area (Å²) >= 11 is 6.05. The lowest BCUT2D eigenvalue weighted by Gasteiger charge is -2.22. The van der Waals surface area contributed by atoms with Crippen LogP contribution in [0.4, 0.5) is 5.69 Å². The van der Waals surface area contributed by atoms with Crippen molar-refractivity contribution in [1.29, 1.82) is 0 Å². The number of rotatable bonds is 4. The Morgan fingerprint density at radius 3 is 2.86 bits per heavy atom. The van der Waals surface area contributed by atoms with Gasteiger partial charge >= 0.3 is 11.9 Å². The van der Waals surface area contributed by atoms with Crippen molar-refractivity contribution in [2.75, 3.05) is 11.6 Å². The molecule has 1 aromatic rings. The van der Waals surface area contributed by atoms with E-state index in [9.17, 15) is 14.7 Å². The topological polar surface area (TPSA) is 79.2 Å². The first-order valence-electron chi connectivity index (χ1n) is 6.47. The average molecular weight is 311 g/mol. The second kappa shape index (κ2) is 6.13. The number of ether oxygens (including phenoxy) is 1. The molecule has 1 aliphatic heterocycles. The number of carbonyl (C=O) groups is 2. The highest BCUT2D eigenvalue weighted by atomic mass is 35.5. The van der Waals surface area contributed by atoms with Crippen LogP contribution in [0.5, 0.6) is 0 Å². The molecule has 0 unspecified atom stereocenters. The fourth-order valence-electron chi connectivity index (χ4n) is 2.11. The summed E-state index contributed by atoms with van der Waals surface area (Å²) in [6.07, 6.45) is 0.000119. The Bertz CT molecular complexity index is 615. The van der Waals surface area contributed by atoms with Crippen LogP contribution in [0.1, 0.15) is 18.9 Å². The highest BCUT2D eigenvalue weighted by Crippen LogP contribution is 2.31. The highest BCUT2D eigenvalue weighted by Gasteiger charge is 2.37. The lowest BCUT2D eigenvalue weighted by molar-refractivity contribution is -0.138. The SMILES string of the molecule is CCOC(=O)C1=NN(c2cccc(Cl)c2C)[C@H](C(=O)O)C1. The first-order chi connectivity index (χ1) is 9.95. The minimum atomic E-state index is -1.06. The molecule has 0 saturated carbocycles. The summed E-state index contributed by atoms with van der Waals surface area (Å²) in [5, 5.41) is 15.3. The molecular formula is C14H15ClN2O4. The summed E-state index contributed by atoms with van der Waals surface area (Å²) in [5.74, 6) is -1.65. The van der Waals surface area contributed by atoms with Gasteiger partial charge in [0.05, 0.1) is 12.3 Å². The summed E-state index contributed by atoms with van der Waals surface area (Å²) in [6.45, 7) is 3.67. The minimum absolute atomic E-state index is 0.000119. The number of carboxylic acid groups (broad SMARTS) is 1. The number of hydrogen-bond acceptors (Lipinski definition) is 5. The zero-order valence-corrected chi connectivity index (χ0v) is 12.4. The van der Waals surface area contributed by atoms with Crippen molar-refractivity contribution in [3.63, 3.8) is 0 Å². The van der Waals surface area contributed by atoms with Gasteiger partial charge in [0.15, 0.2) is 6.04 Å². The fourth-order valence-corrected chi connectivity index (χ4v) is 2.28. The largest absolute Gasteiger partial charge is 0.480 e.